The van der Waals surface area contributed by atoms with E-state index in [1.54, 1.807) is 0 Å². The summed E-state index contributed by atoms with van der Waals surface area (Å²) in [6.07, 6.45) is 6.04. The Morgan fingerprint density at radius 1 is 0.833 bits per heavy atom. The first kappa shape index (κ1) is 18.1. The van der Waals surface area contributed by atoms with Crippen molar-refractivity contribution in [1.82, 2.24) is 0 Å². The van der Waals surface area contributed by atoms with Crippen molar-refractivity contribution in [3.05, 3.63) is 65.7 Å². The molecule has 0 unspecified atom stereocenters. The molecular formula is C21H26O3. The van der Waals surface area contributed by atoms with Crippen LogP contribution in [0.4, 0.5) is 0 Å². The molecule has 0 saturated carbocycles. The van der Waals surface area contributed by atoms with Crippen LogP contribution in [0.5, 0.6) is 5.75 Å². The van der Waals surface area contributed by atoms with E-state index in [0.29, 0.717) is 6.61 Å². The molecule has 0 heterocycles. The summed E-state index contributed by atoms with van der Waals surface area (Å²) < 4.78 is 5.97. The average molecular weight is 326 g/mol. The molecule has 0 aliphatic heterocycles. The van der Waals surface area contributed by atoms with Gasteiger partial charge in [-0.3, -0.25) is 4.79 Å². The summed E-state index contributed by atoms with van der Waals surface area (Å²) in [4.78, 5) is 10.5. The van der Waals surface area contributed by atoms with Crippen molar-refractivity contribution in [2.75, 3.05) is 6.61 Å². The number of aryl methyl sites for hydroxylation is 1. The van der Waals surface area contributed by atoms with E-state index >= 15 is 0 Å². The van der Waals surface area contributed by atoms with Gasteiger partial charge in [0.05, 0.1) is 6.61 Å². The number of hydrogen-bond donors (Lipinski definition) is 1. The monoisotopic (exact) mass is 326 g/mol. The highest BCUT2D eigenvalue weighted by molar-refractivity contribution is 5.66. The Labute approximate surface area is 144 Å². The van der Waals surface area contributed by atoms with Crippen molar-refractivity contribution < 1.29 is 14.6 Å². The molecule has 0 spiro atoms. The lowest BCUT2D eigenvalue weighted by Gasteiger charge is -2.11. The Bertz CT molecular complexity index is 607. The quantitative estimate of drug-likeness (QED) is 0.598. The minimum absolute atomic E-state index is 0.277. The van der Waals surface area contributed by atoms with Gasteiger partial charge in [-0.1, -0.05) is 61.4 Å². The second kappa shape index (κ2) is 10.5. The molecule has 2 rings (SSSR count). The van der Waals surface area contributed by atoms with Crippen molar-refractivity contribution >= 4 is 5.97 Å². The Morgan fingerprint density at radius 2 is 1.54 bits per heavy atom. The normalized spacial score (nSPS) is 10.5. The molecule has 3 nitrogen and oxygen atoms in total. The van der Waals surface area contributed by atoms with Gasteiger partial charge in [0.2, 0.25) is 0 Å². The van der Waals surface area contributed by atoms with Crippen LogP contribution in [-0.4, -0.2) is 17.7 Å². The van der Waals surface area contributed by atoms with Crippen LogP contribution < -0.4 is 4.74 Å². The first-order chi connectivity index (χ1) is 11.8. The van der Waals surface area contributed by atoms with Gasteiger partial charge in [-0.15, -0.1) is 0 Å². The van der Waals surface area contributed by atoms with Crippen LogP contribution in [0.2, 0.25) is 0 Å². The van der Waals surface area contributed by atoms with Gasteiger partial charge in [0.15, 0.2) is 0 Å². The Kier molecular flexibility index (Phi) is 7.88. The molecule has 0 radical (unpaired) electrons. The fraction of sp³-hybridized carbons (Fsp3) is 0.381. The number of ether oxygens (including phenoxy) is 1. The van der Waals surface area contributed by atoms with Gasteiger partial charge in [0.25, 0.3) is 0 Å². The summed E-state index contributed by atoms with van der Waals surface area (Å²) in [6, 6.07) is 18.6. The summed E-state index contributed by atoms with van der Waals surface area (Å²) in [5.41, 5.74) is 2.53. The first-order valence-electron chi connectivity index (χ1n) is 8.72. The molecule has 0 saturated heterocycles. The van der Waals surface area contributed by atoms with Gasteiger partial charge in [0, 0.05) is 12.8 Å². The lowest BCUT2D eigenvalue weighted by Crippen LogP contribution is -2.03. The Morgan fingerprint density at radius 3 is 2.33 bits per heavy atom. The number of hydrogen-bond acceptors (Lipinski definition) is 2. The van der Waals surface area contributed by atoms with Crippen LogP contribution in [0.15, 0.2) is 54.6 Å². The molecule has 0 bridgehead atoms. The van der Waals surface area contributed by atoms with Crippen LogP contribution in [-0.2, 0) is 17.6 Å². The Hall–Kier alpha value is -2.29. The lowest BCUT2D eigenvalue weighted by molar-refractivity contribution is -0.137. The molecule has 0 aliphatic rings. The SMILES string of the molecule is O=C(O)CCCCCCc1ccccc1OCCc1ccccc1. The fourth-order valence-corrected chi connectivity index (χ4v) is 2.72. The van der Waals surface area contributed by atoms with E-state index in [1.807, 2.05) is 36.4 Å². The molecule has 0 amide bonds. The number of carboxylic acid groups (broad SMARTS) is 1. The molecule has 1 N–H and O–H groups in total. The second-order valence-electron chi connectivity index (χ2n) is 6.00. The number of aliphatic carboxylic acids is 1. The van der Waals surface area contributed by atoms with Gasteiger partial charge >= 0.3 is 5.97 Å². The topological polar surface area (TPSA) is 46.5 Å². The smallest absolute Gasteiger partial charge is 0.303 e. The number of carbonyl (C=O) groups is 1. The van der Waals surface area contributed by atoms with Gasteiger partial charge < -0.3 is 9.84 Å². The van der Waals surface area contributed by atoms with Crippen molar-refractivity contribution in [1.29, 1.82) is 0 Å². The standard InChI is InChI=1S/C21H26O3/c22-21(23)15-7-2-1-6-12-19-13-8-9-14-20(19)24-17-16-18-10-4-3-5-11-18/h3-5,8-11,13-14H,1-2,6-7,12,15-17H2,(H,22,23). The zero-order valence-electron chi connectivity index (χ0n) is 14.1. The predicted molar refractivity (Wildman–Crippen MR) is 96.5 cm³/mol. The minimum atomic E-state index is -0.702. The van der Waals surface area contributed by atoms with E-state index in [0.717, 1.165) is 44.3 Å². The molecule has 0 aliphatic carbocycles. The predicted octanol–water partition coefficient (Wildman–Crippen LogP) is 4.89. The van der Waals surface area contributed by atoms with Crippen LogP contribution >= 0.6 is 0 Å². The Balaban J connectivity index is 1.72. The van der Waals surface area contributed by atoms with E-state index in [9.17, 15) is 4.79 Å². The molecule has 3 heteroatoms. The van der Waals surface area contributed by atoms with Crippen LogP contribution in [0.3, 0.4) is 0 Å². The zero-order chi connectivity index (χ0) is 17.0. The third kappa shape index (κ3) is 6.86. The fourth-order valence-electron chi connectivity index (χ4n) is 2.72. The number of carboxylic acids is 1. The van der Waals surface area contributed by atoms with Crippen molar-refractivity contribution in [3.8, 4) is 5.75 Å². The maximum absolute atomic E-state index is 10.5. The zero-order valence-corrected chi connectivity index (χ0v) is 14.1. The van der Waals surface area contributed by atoms with E-state index in [1.165, 1.54) is 11.1 Å². The molecule has 0 aromatic heterocycles. The van der Waals surface area contributed by atoms with Gasteiger partial charge in [0.1, 0.15) is 5.75 Å². The van der Waals surface area contributed by atoms with Crippen molar-refractivity contribution in [2.45, 2.75) is 44.9 Å². The highest BCUT2D eigenvalue weighted by atomic mass is 16.5. The van der Waals surface area contributed by atoms with Crippen molar-refractivity contribution in [3.63, 3.8) is 0 Å². The first-order valence-corrected chi connectivity index (χ1v) is 8.72. The van der Waals surface area contributed by atoms with Gasteiger partial charge in [-0.25, -0.2) is 0 Å². The summed E-state index contributed by atoms with van der Waals surface area (Å²) in [5, 5.41) is 8.63. The van der Waals surface area contributed by atoms with Crippen LogP contribution in [0.25, 0.3) is 0 Å². The van der Waals surface area contributed by atoms with Gasteiger partial charge in [-0.2, -0.15) is 0 Å². The van der Waals surface area contributed by atoms with Gasteiger partial charge in [-0.05, 0) is 36.5 Å². The molecule has 0 atom stereocenters. The van der Waals surface area contributed by atoms with E-state index in [4.69, 9.17) is 9.84 Å². The van der Waals surface area contributed by atoms with Crippen LogP contribution in [0, 0.1) is 0 Å². The van der Waals surface area contributed by atoms with E-state index < -0.39 is 5.97 Å². The maximum Gasteiger partial charge on any atom is 0.303 e. The average Bonchev–Trinajstić information content (AvgIpc) is 2.60. The number of benzene rings is 2. The molecule has 2 aromatic carbocycles. The summed E-state index contributed by atoms with van der Waals surface area (Å²) in [6.45, 7) is 0.680. The minimum Gasteiger partial charge on any atom is -0.493 e. The number of unbranched alkanes of at least 4 members (excludes halogenated alkanes) is 3. The highest BCUT2D eigenvalue weighted by Gasteiger charge is 2.04. The van der Waals surface area contributed by atoms with E-state index in [-0.39, 0.29) is 6.42 Å². The molecular weight excluding hydrogens is 300 g/mol. The highest BCUT2D eigenvalue weighted by Crippen LogP contribution is 2.21. The third-order valence-electron chi connectivity index (χ3n) is 4.05. The second-order valence-corrected chi connectivity index (χ2v) is 6.00. The molecule has 128 valence electrons. The largest absolute Gasteiger partial charge is 0.493 e. The number of para-hydroxylation sites is 1. The maximum atomic E-state index is 10.5. The summed E-state index contributed by atoms with van der Waals surface area (Å²) in [7, 11) is 0. The summed E-state index contributed by atoms with van der Waals surface area (Å²) >= 11 is 0. The molecule has 2 aromatic rings. The molecule has 0 fully saturated rings. The summed E-state index contributed by atoms with van der Waals surface area (Å²) in [5.74, 6) is 0.270. The third-order valence-corrected chi connectivity index (χ3v) is 4.05. The van der Waals surface area contributed by atoms with Crippen LogP contribution in [0.1, 0.15) is 43.2 Å². The lowest BCUT2D eigenvalue weighted by atomic mass is 10.0. The van der Waals surface area contributed by atoms with Crippen molar-refractivity contribution in [2.24, 2.45) is 0 Å². The number of rotatable bonds is 11. The molecule has 24 heavy (non-hydrogen) atoms. The van der Waals surface area contributed by atoms with E-state index in [2.05, 4.69) is 18.2 Å².